The Morgan fingerprint density at radius 2 is 2.13 bits per heavy atom. The molecule has 1 aromatic heterocycles. The van der Waals surface area contributed by atoms with Crippen LogP contribution in [0.3, 0.4) is 0 Å². The van der Waals surface area contributed by atoms with Crippen LogP contribution in [0.1, 0.15) is 12.1 Å². The maximum atomic E-state index is 12.8. The van der Waals surface area contributed by atoms with Gasteiger partial charge in [0.25, 0.3) is 0 Å². The van der Waals surface area contributed by atoms with E-state index in [0.29, 0.717) is 26.3 Å². The van der Waals surface area contributed by atoms with Gasteiger partial charge in [-0.15, -0.1) is 0 Å². The Morgan fingerprint density at radius 1 is 1.26 bits per heavy atom. The van der Waals surface area contributed by atoms with Crippen molar-refractivity contribution in [3.63, 3.8) is 0 Å². The maximum Gasteiger partial charge on any atom is 0.228 e. The topological polar surface area (TPSA) is 54.9 Å². The second-order valence-corrected chi connectivity index (χ2v) is 6.59. The third-order valence-corrected chi connectivity index (χ3v) is 4.98. The Bertz CT molecular complexity index is 547. The molecular weight excluding hydrogens is 294 g/mol. The lowest BCUT2D eigenvalue weighted by Crippen LogP contribution is -2.48. The van der Waals surface area contributed by atoms with E-state index in [1.54, 1.807) is 0 Å². The van der Waals surface area contributed by atoms with Gasteiger partial charge in [0.05, 0.1) is 37.0 Å². The molecule has 124 valence electrons. The van der Waals surface area contributed by atoms with Crippen molar-refractivity contribution in [2.75, 3.05) is 39.4 Å². The van der Waals surface area contributed by atoms with Crippen LogP contribution in [-0.2, 0) is 20.8 Å². The van der Waals surface area contributed by atoms with Crippen molar-refractivity contribution in [1.29, 1.82) is 0 Å². The number of ether oxygens (including phenoxy) is 2. The van der Waals surface area contributed by atoms with Crippen LogP contribution in [0.25, 0.3) is 0 Å². The molecular formula is C17H23N3O3. The minimum Gasteiger partial charge on any atom is -0.378 e. The number of amides is 1. The van der Waals surface area contributed by atoms with Crippen molar-refractivity contribution in [3.05, 3.63) is 30.1 Å². The highest BCUT2D eigenvalue weighted by atomic mass is 16.5. The summed E-state index contributed by atoms with van der Waals surface area (Å²) < 4.78 is 11.4. The van der Waals surface area contributed by atoms with Gasteiger partial charge < -0.3 is 14.4 Å². The fraction of sp³-hybridized carbons (Fsp3) is 0.647. The molecule has 6 heteroatoms. The zero-order valence-corrected chi connectivity index (χ0v) is 13.3. The number of aromatic nitrogens is 1. The molecule has 0 spiro atoms. The highest BCUT2D eigenvalue weighted by Gasteiger charge is 2.45. The van der Waals surface area contributed by atoms with E-state index in [-0.39, 0.29) is 24.0 Å². The van der Waals surface area contributed by atoms with Crippen LogP contribution in [0.4, 0.5) is 0 Å². The molecule has 0 unspecified atom stereocenters. The fourth-order valence-electron chi connectivity index (χ4n) is 3.87. The van der Waals surface area contributed by atoms with Crippen molar-refractivity contribution in [2.24, 2.45) is 5.92 Å². The molecule has 1 amide bonds. The Kier molecular flexibility index (Phi) is 4.29. The molecule has 6 nitrogen and oxygen atoms in total. The van der Waals surface area contributed by atoms with Gasteiger partial charge in [-0.05, 0) is 18.6 Å². The summed E-state index contributed by atoms with van der Waals surface area (Å²) in [5.74, 6) is 0.257. The summed E-state index contributed by atoms with van der Waals surface area (Å²) in [6, 6.07) is 6.00. The van der Waals surface area contributed by atoms with E-state index in [1.165, 1.54) is 0 Å². The third-order valence-electron chi connectivity index (χ3n) is 4.98. The molecule has 3 aliphatic heterocycles. The second-order valence-electron chi connectivity index (χ2n) is 6.59. The summed E-state index contributed by atoms with van der Waals surface area (Å²) in [4.78, 5) is 21.5. The summed E-state index contributed by atoms with van der Waals surface area (Å²) in [7, 11) is 0. The van der Waals surface area contributed by atoms with Gasteiger partial charge in [0.15, 0.2) is 0 Å². The van der Waals surface area contributed by atoms with Gasteiger partial charge in [-0.1, -0.05) is 6.07 Å². The minimum absolute atomic E-state index is 0.00633. The molecule has 2 bridgehead atoms. The average molecular weight is 317 g/mol. The number of pyridine rings is 1. The molecule has 3 aliphatic rings. The second kappa shape index (κ2) is 6.55. The van der Waals surface area contributed by atoms with Crippen LogP contribution in [0.15, 0.2) is 24.4 Å². The van der Waals surface area contributed by atoms with E-state index in [4.69, 9.17) is 9.47 Å². The van der Waals surface area contributed by atoms with Gasteiger partial charge in [0.2, 0.25) is 5.91 Å². The van der Waals surface area contributed by atoms with Crippen molar-refractivity contribution in [1.82, 2.24) is 14.8 Å². The first kappa shape index (κ1) is 15.1. The molecule has 1 aromatic rings. The highest BCUT2D eigenvalue weighted by molar-refractivity contribution is 5.80. The molecule has 3 atom stereocenters. The summed E-state index contributed by atoms with van der Waals surface area (Å²) in [6.45, 7) is 5.26. The molecule has 0 aromatic carbocycles. The van der Waals surface area contributed by atoms with Crippen molar-refractivity contribution in [2.45, 2.75) is 25.2 Å². The lowest BCUT2D eigenvalue weighted by Gasteiger charge is -2.34. The minimum atomic E-state index is 0.00633. The number of rotatable bonds is 3. The molecule has 3 saturated heterocycles. The van der Waals surface area contributed by atoms with Gasteiger partial charge in [0, 0.05) is 38.9 Å². The van der Waals surface area contributed by atoms with Crippen LogP contribution < -0.4 is 0 Å². The first-order chi connectivity index (χ1) is 11.3. The predicted octanol–water partition coefficient (Wildman–Crippen LogP) is 0.530. The average Bonchev–Trinajstić information content (AvgIpc) is 2.90. The normalized spacial score (nSPS) is 31.3. The Hall–Kier alpha value is -1.50. The highest BCUT2D eigenvalue weighted by Crippen LogP contribution is 2.33. The molecule has 0 radical (unpaired) electrons. The zero-order chi connectivity index (χ0) is 15.6. The number of hydrogen-bond donors (Lipinski definition) is 0. The van der Waals surface area contributed by atoms with Gasteiger partial charge in [-0.3, -0.25) is 14.7 Å². The number of nitrogens with zero attached hydrogens (tertiary/aromatic N) is 3. The smallest absolute Gasteiger partial charge is 0.228 e. The zero-order valence-electron chi connectivity index (χ0n) is 13.3. The van der Waals surface area contributed by atoms with Crippen LogP contribution in [0, 0.1) is 5.92 Å². The molecule has 3 fully saturated rings. The third kappa shape index (κ3) is 3.24. The SMILES string of the molecule is O=C([C@@H]1C[C@H]2CN(Cc3ccccn3)C[C@H]1O2)N1CCOCC1. The quantitative estimate of drug-likeness (QED) is 0.814. The molecule has 4 rings (SSSR count). The van der Waals surface area contributed by atoms with E-state index in [2.05, 4.69) is 9.88 Å². The van der Waals surface area contributed by atoms with E-state index in [9.17, 15) is 4.79 Å². The van der Waals surface area contributed by atoms with E-state index >= 15 is 0 Å². The summed E-state index contributed by atoms with van der Waals surface area (Å²) in [5.41, 5.74) is 1.07. The fourth-order valence-corrected chi connectivity index (χ4v) is 3.87. The number of likely N-dealkylation sites (tertiary alicyclic amines) is 1. The Morgan fingerprint density at radius 3 is 2.91 bits per heavy atom. The Balaban J connectivity index is 1.39. The molecule has 23 heavy (non-hydrogen) atoms. The molecule has 0 saturated carbocycles. The Labute approximate surface area is 136 Å². The predicted molar refractivity (Wildman–Crippen MR) is 83.7 cm³/mol. The number of morpholine rings is 2. The van der Waals surface area contributed by atoms with Crippen LogP contribution in [0.2, 0.25) is 0 Å². The van der Waals surface area contributed by atoms with E-state index in [0.717, 1.165) is 31.7 Å². The molecule has 4 heterocycles. The van der Waals surface area contributed by atoms with Gasteiger partial charge in [-0.25, -0.2) is 0 Å². The van der Waals surface area contributed by atoms with Crippen molar-refractivity contribution >= 4 is 5.91 Å². The van der Waals surface area contributed by atoms with Crippen LogP contribution >= 0.6 is 0 Å². The first-order valence-electron chi connectivity index (χ1n) is 8.44. The number of carbonyl (C=O) groups is 1. The van der Waals surface area contributed by atoms with E-state index < -0.39 is 0 Å². The van der Waals surface area contributed by atoms with Gasteiger partial charge >= 0.3 is 0 Å². The molecule has 0 aliphatic carbocycles. The number of hydrogen-bond acceptors (Lipinski definition) is 5. The monoisotopic (exact) mass is 317 g/mol. The maximum absolute atomic E-state index is 12.8. The standard InChI is InChI=1S/C17H23N3O3/c21-17(20-5-7-22-8-6-20)15-9-14-11-19(12-16(15)23-14)10-13-3-1-2-4-18-13/h1-4,14-16H,5-12H2/t14-,15+,16+/m0/s1. The summed E-state index contributed by atoms with van der Waals surface area (Å²) >= 11 is 0. The van der Waals surface area contributed by atoms with Crippen LogP contribution in [0.5, 0.6) is 0 Å². The summed E-state index contributed by atoms with van der Waals surface area (Å²) in [5, 5.41) is 0. The van der Waals surface area contributed by atoms with Gasteiger partial charge in [-0.2, -0.15) is 0 Å². The van der Waals surface area contributed by atoms with Gasteiger partial charge in [0.1, 0.15) is 0 Å². The number of fused-ring (bicyclic) bond motifs is 2. The molecule has 0 N–H and O–H groups in total. The number of carbonyl (C=O) groups excluding carboxylic acids is 1. The van der Waals surface area contributed by atoms with E-state index in [1.807, 2.05) is 29.3 Å². The first-order valence-corrected chi connectivity index (χ1v) is 8.44. The lowest BCUT2D eigenvalue weighted by atomic mass is 9.98. The lowest BCUT2D eigenvalue weighted by molar-refractivity contribution is -0.142. The van der Waals surface area contributed by atoms with Crippen LogP contribution in [-0.4, -0.2) is 72.3 Å². The largest absolute Gasteiger partial charge is 0.378 e. The van der Waals surface area contributed by atoms with Crippen molar-refractivity contribution < 1.29 is 14.3 Å². The van der Waals surface area contributed by atoms with Crippen molar-refractivity contribution in [3.8, 4) is 0 Å². The summed E-state index contributed by atoms with van der Waals surface area (Å²) in [6.07, 6.45) is 2.87.